The number of benzene rings is 1. The van der Waals surface area contributed by atoms with Crippen LogP contribution in [-0.2, 0) is 13.6 Å². The summed E-state index contributed by atoms with van der Waals surface area (Å²) in [6, 6.07) is 11.1. The summed E-state index contributed by atoms with van der Waals surface area (Å²) in [6.07, 6.45) is 7.09. The lowest BCUT2D eigenvalue weighted by molar-refractivity contribution is 0.102. The van der Waals surface area contributed by atoms with Gasteiger partial charge in [-0.25, -0.2) is 4.98 Å². The van der Waals surface area contributed by atoms with Crippen molar-refractivity contribution in [3.8, 4) is 28.4 Å². The highest BCUT2D eigenvalue weighted by Crippen LogP contribution is 2.28. The summed E-state index contributed by atoms with van der Waals surface area (Å²) in [5, 5.41) is 15.3. The van der Waals surface area contributed by atoms with E-state index in [0.717, 1.165) is 30.5 Å². The molecule has 5 rings (SSSR count). The van der Waals surface area contributed by atoms with E-state index in [1.807, 2.05) is 48.1 Å². The van der Waals surface area contributed by atoms with Gasteiger partial charge in [0.2, 0.25) is 0 Å². The van der Waals surface area contributed by atoms with Crippen LogP contribution in [0.1, 0.15) is 23.2 Å². The average molecular weight is 415 g/mol. The Morgan fingerprint density at radius 2 is 2.06 bits per heavy atom. The van der Waals surface area contributed by atoms with Crippen molar-refractivity contribution in [1.82, 2.24) is 29.5 Å². The Morgan fingerprint density at radius 1 is 1.13 bits per heavy atom. The first-order valence-electron chi connectivity index (χ1n) is 10.1. The number of rotatable bonds is 1. The summed E-state index contributed by atoms with van der Waals surface area (Å²) in [5.74, 6) is 1.37. The van der Waals surface area contributed by atoms with E-state index in [1.54, 1.807) is 23.3 Å². The molecule has 0 unspecified atom stereocenters. The van der Waals surface area contributed by atoms with Gasteiger partial charge in [0.15, 0.2) is 5.82 Å². The van der Waals surface area contributed by atoms with Crippen LogP contribution in [0.4, 0.5) is 5.82 Å². The summed E-state index contributed by atoms with van der Waals surface area (Å²) in [5.41, 5.74) is 2.93. The topological polar surface area (TPSA) is 99.8 Å². The molecule has 9 nitrogen and oxygen atoms in total. The Hall–Kier alpha value is -4.01. The Kier molecular flexibility index (Phi) is 4.91. The summed E-state index contributed by atoms with van der Waals surface area (Å²) >= 11 is 0. The van der Waals surface area contributed by atoms with Gasteiger partial charge in [-0.1, -0.05) is 12.1 Å². The molecule has 0 saturated carbocycles. The van der Waals surface area contributed by atoms with E-state index < -0.39 is 0 Å². The fourth-order valence-corrected chi connectivity index (χ4v) is 3.58. The monoisotopic (exact) mass is 415 g/mol. The first kappa shape index (κ1) is 19.0. The van der Waals surface area contributed by atoms with Crippen LogP contribution in [0, 0.1) is 0 Å². The number of nitrogens with zero attached hydrogens (tertiary/aromatic N) is 6. The second-order valence-electron chi connectivity index (χ2n) is 7.38. The van der Waals surface area contributed by atoms with Crippen molar-refractivity contribution in [3.05, 3.63) is 60.7 Å². The zero-order chi connectivity index (χ0) is 21.2. The molecule has 3 aromatic heterocycles. The van der Waals surface area contributed by atoms with Gasteiger partial charge in [0.25, 0.3) is 5.91 Å². The molecular weight excluding hydrogens is 394 g/mol. The van der Waals surface area contributed by atoms with E-state index in [1.165, 1.54) is 0 Å². The fourth-order valence-electron chi connectivity index (χ4n) is 3.58. The molecule has 0 spiro atoms. The van der Waals surface area contributed by atoms with E-state index in [0.29, 0.717) is 35.3 Å². The molecule has 4 aromatic rings. The molecule has 0 saturated heterocycles. The standard InChI is InChI=1S/C22H21N7O2/c1-28-13-16(12-24-28)15-7-8-19-17(11-15)22(30)26-20-6-4-5-18(25-20)21-27-23-14-29(21)9-2-3-10-31-19/h4-8,11-14H,2-3,9-10H2,1H3,(H,25,26,30). The van der Waals surface area contributed by atoms with Crippen LogP contribution >= 0.6 is 0 Å². The van der Waals surface area contributed by atoms with Crippen LogP contribution in [0.25, 0.3) is 22.6 Å². The molecular formula is C22H21N7O2. The lowest BCUT2D eigenvalue weighted by Gasteiger charge is -2.14. The molecule has 1 amide bonds. The van der Waals surface area contributed by atoms with Crippen LogP contribution in [0.3, 0.4) is 0 Å². The first-order chi connectivity index (χ1) is 15.2. The van der Waals surface area contributed by atoms with Gasteiger partial charge in [-0.3, -0.25) is 9.48 Å². The zero-order valence-electron chi connectivity index (χ0n) is 17.0. The molecule has 0 aliphatic carbocycles. The van der Waals surface area contributed by atoms with Crippen LogP contribution in [0.15, 0.2) is 55.1 Å². The second-order valence-corrected chi connectivity index (χ2v) is 7.38. The largest absolute Gasteiger partial charge is 0.493 e. The minimum absolute atomic E-state index is 0.288. The van der Waals surface area contributed by atoms with Crippen molar-refractivity contribution in [1.29, 1.82) is 0 Å². The van der Waals surface area contributed by atoms with Crippen molar-refractivity contribution in [2.45, 2.75) is 19.4 Å². The summed E-state index contributed by atoms with van der Waals surface area (Å²) in [7, 11) is 1.86. The fraction of sp³-hybridized carbons (Fsp3) is 0.227. The molecule has 1 aliphatic heterocycles. The number of fused-ring (bicyclic) bond motifs is 5. The normalized spacial score (nSPS) is 14.0. The second kappa shape index (κ2) is 8.02. The molecule has 156 valence electrons. The molecule has 4 heterocycles. The van der Waals surface area contributed by atoms with Crippen molar-refractivity contribution in [2.24, 2.45) is 7.05 Å². The molecule has 0 radical (unpaired) electrons. The Bertz CT molecular complexity index is 1240. The third-order valence-corrected chi connectivity index (χ3v) is 5.15. The van der Waals surface area contributed by atoms with Gasteiger partial charge in [-0.15, -0.1) is 10.2 Å². The van der Waals surface area contributed by atoms with Crippen molar-refractivity contribution in [2.75, 3.05) is 11.9 Å². The van der Waals surface area contributed by atoms with Gasteiger partial charge in [0.05, 0.1) is 18.4 Å². The summed E-state index contributed by atoms with van der Waals surface area (Å²) in [4.78, 5) is 17.8. The first-order valence-corrected chi connectivity index (χ1v) is 10.1. The van der Waals surface area contributed by atoms with Crippen molar-refractivity contribution >= 4 is 11.7 Å². The van der Waals surface area contributed by atoms with Crippen LogP contribution in [0.5, 0.6) is 5.75 Å². The maximum absolute atomic E-state index is 13.2. The summed E-state index contributed by atoms with van der Waals surface area (Å²) in [6.45, 7) is 1.27. The van der Waals surface area contributed by atoms with E-state index in [-0.39, 0.29) is 5.91 Å². The third-order valence-electron chi connectivity index (χ3n) is 5.15. The maximum atomic E-state index is 13.2. The van der Waals surface area contributed by atoms with Crippen molar-refractivity contribution in [3.63, 3.8) is 0 Å². The molecule has 1 aromatic carbocycles. The highest BCUT2D eigenvalue weighted by molar-refractivity contribution is 6.06. The van der Waals surface area contributed by atoms with Crippen LogP contribution in [-0.4, -0.2) is 42.0 Å². The number of pyridine rings is 1. The van der Waals surface area contributed by atoms with Crippen LogP contribution in [0.2, 0.25) is 0 Å². The van der Waals surface area contributed by atoms with Gasteiger partial charge in [0.1, 0.15) is 23.6 Å². The zero-order valence-corrected chi connectivity index (χ0v) is 17.0. The molecule has 31 heavy (non-hydrogen) atoms. The lowest BCUT2D eigenvalue weighted by Crippen LogP contribution is -2.16. The third kappa shape index (κ3) is 3.89. The molecule has 2 bridgehead atoms. The Labute approximate surface area is 178 Å². The number of amides is 1. The SMILES string of the molecule is Cn1cc(-c2ccc3c(c2)C(=O)Nc2cccc(n2)-c2nncn2CCCCO3)cn1. The van der Waals surface area contributed by atoms with E-state index in [9.17, 15) is 4.79 Å². The Balaban J connectivity index is 1.54. The van der Waals surface area contributed by atoms with Gasteiger partial charge in [-0.05, 0) is 42.7 Å². The maximum Gasteiger partial charge on any atom is 0.260 e. The number of carbonyl (C=O) groups excluding carboxylic acids is 1. The summed E-state index contributed by atoms with van der Waals surface area (Å²) < 4.78 is 9.68. The molecule has 0 atom stereocenters. The highest BCUT2D eigenvalue weighted by Gasteiger charge is 2.17. The number of ether oxygens (including phenoxy) is 1. The predicted molar refractivity (Wildman–Crippen MR) is 115 cm³/mol. The van der Waals surface area contributed by atoms with Gasteiger partial charge >= 0.3 is 0 Å². The van der Waals surface area contributed by atoms with E-state index in [4.69, 9.17) is 4.74 Å². The lowest BCUT2D eigenvalue weighted by atomic mass is 10.0. The number of nitrogens with one attached hydrogen (secondary N) is 1. The Morgan fingerprint density at radius 3 is 2.94 bits per heavy atom. The van der Waals surface area contributed by atoms with Gasteiger partial charge in [0, 0.05) is 25.4 Å². The molecule has 9 heteroatoms. The molecule has 1 N–H and O–H groups in total. The van der Waals surface area contributed by atoms with Gasteiger partial charge in [-0.2, -0.15) is 5.10 Å². The number of hydrogen-bond donors (Lipinski definition) is 1. The predicted octanol–water partition coefficient (Wildman–Crippen LogP) is 3.17. The number of aryl methyl sites for hydroxylation is 2. The number of carbonyl (C=O) groups is 1. The van der Waals surface area contributed by atoms with E-state index in [2.05, 4.69) is 25.6 Å². The average Bonchev–Trinajstić information content (AvgIpc) is 3.42. The number of anilines is 1. The highest BCUT2D eigenvalue weighted by atomic mass is 16.5. The van der Waals surface area contributed by atoms with Crippen molar-refractivity contribution < 1.29 is 9.53 Å². The quantitative estimate of drug-likeness (QED) is 0.513. The number of aromatic nitrogens is 6. The minimum atomic E-state index is -0.288. The smallest absolute Gasteiger partial charge is 0.260 e. The van der Waals surface area contributed by atoms with Gasteiger partial charge < -0.3 is 14.6 Å². The molecule has 0 fully saturated rings. The number of hydrogen-bond acceptors (Lipinski definition) is 6. The van der Waals surface area contributed by atoms with Crippen LogP contribution < -0.4 is 10.1 Å². The minimum Gasteiger partial charge on any atom is -0.493 e. The molecule has 1 aliphatic rings. The van der Waals surface area contributed by atoms with E-state index >= 15 is 0 Å².